The number of halogens is 2. The Balaban J connectivity index is 2.84. The summed E-state index contributed by atoms with van der Waals surface area (Å²) in [5.74, 6) is -3.09. The average Bonchev–Trinajstić information content (AvgIpc) is 2.38. The van der Waals surface area contributed by atoms with Crippen LogP contribution < -0.4 is 10.5 Å². The normalized spacial score (nSPS) is 14.4. The van der Waals surface area contributed by atoms with Gasteiger partial charge in [-0.3, -0.25) is 0 Å². The standard InChI is InChI=1S/C10H13F2N3O3S/c1-6(10(13)15-16)5-14-19(17,18)7-2-3-8(11)9(12)4-7/h2-4,6,14,16H,5H2,1H3,(H2,13,15). The van der Waals surface area contributed by atoms with Gasteiger partial charge in [-0.25, -0.2) is 21.9 Å². The number of nitrogens with one attached hydrogen (secondary N) is 1. The topological polar surface area (TPSA) is 105 Å². The number of hydrogen-bond acceptors (Lipinski definition) is 4. The lowest BCUT2D eigenvalue weighted by molar-refractivity contribution is 0.314. The van der Waals surface area contributed by atoms with Crippen molar-refractivity contribution in [3.05, 3.63) is 29.8 Å². The minimum atomic E-state index is -3.99. The van der Waals surface area contributed by atoms with Gasteiger partial charge in [0.25, 0.3) is 0 Å². The molecule has 1 atom stereocenters. The van der Waals surface area contributed by atoms with Crippen LogP contribution in [0.1, 0.15) is 6.92 Å². The summed E-state index contributed by atoms with van der Waals surface area (Å²) in [7, 11) is -3.99. The van der Waals surface area contributed by atoms with Gasteiger partial charge in [0.1, 0.15) is 5.84 Å². The minimum absolute atomic E-state index is 0.142. The predicted molar refractivity (Wildman–Crippen MR) is 64.1 cm³/mol. The van der Waals surface area contributed by atoms with Gasteiger partial charge in [0.15, 0.2) is 11.6 Å². The molecule has 1 unspecified atom stereocenters. The summed E-state index contributed by atoms with van der Waals surface area (Å²) in [6.45, 7) is 1.39. The van der Waals surface area contributed by atoms with E-state index in [-0.39, 0.29) is 12.4 Å². The summed E-state index contributed by atoms with van der Waals surface area (Å²) in [6, 6.07) is 2.23. The Morgan fingerprint density at radius 1 is 1.47 bits per heavy atom. The molecular formula is C10H13F2N3O3S. The molecule has 1 aromatic rings. The second-order valence-electron chi connectivity index (χ2n) is 3.85. The van der Waals surface area contributed by atoms with Gasteiger partial charge < -0.3 is 10.9 Å². The summed E-state index contributed by atoms with van der Waals surface area (Å²) >= 11 is 0. The number of amidine groups is 1. The summed E-state index contributed by atoms with van der Waals surface area (Å²) < 4.78 is 51.3. The molecule has 4 N–H and O–H groups in total. The molecule has 0 aliphatic heterocycles. The molecule has 9 heteroatoms. The van der Waals surface area contributed by atoms with Crippen molar-refractivity contribution in [2.45, 2.75) is 11.8 Å². The van der Waals surface area contributed by atoms with Gasteiger partial charge in [-0.2, -0.15) is 0 Å². The van der Waals surface area contributed by atoms with E-state index in [1.54, 1.807) is 0 Å². The van der Waals surface area contributed by atoms with E-state index in [0.29, 0.717) is 6.07 Å². The van der Waals surface area contributed by atoms with Crippen molar-refractivity contribution < 1.29 is 22.4 Å². The molecule has 0 aliphatic carbocycles. The first-order valence-corrected chi connectivity index (χ1v) is 6.68. The van der Waals surface area contributed by atoms with Gasteiger partial charge >= 0.3 is 0 Å². The molecule has 6 nitrogen and oxygen atoms in total. The maximum Gasteiger partial charge on any atom is 0.240 e. The molecule has 0 saturated heterocycles. The van der Waals surface area contributed by atoms with E-state index in [4.69, 9.17) is 10.9 Å². The summed E-state index contributed by atoms with van der Waals surface area (Å²) in [6.07, 6.45) is 0. The van der Waals surface area contributed by atoms with Crippen LogP contribution in [-0.4, -0.2) is 26.0 Å². The van der Waals surface area contributed by atoms with Crippen LogP contribution in [0.4, 0.5) is 8.78 Å². The van der Waals surface area contributed by atoms with Crippen molar-refractivity contribution in [1.82, 2.24) is 4.72 Å². The third-order valence-corrected chi connectivity index (χ3v) is 3.82. The molecule has 1 rings (SSSR count). The zero-order chi connectivity index (χ0) is 14.6. The van der Waals surface area contributed by atoms with E-state index in [2.05, 4.69) is 9.88 Å². The number of nitrogens with two attached hydrogens (primary N) is 1. The SMILES string of the molecule is CC(CNS(=O)(=O)c1ccc(F)c(F)c1)C(N)=NO. The number of rotatable bonds is 5. The van der Waals surface area contributed by atoms with Crippen molar-refractivity contribution in [3.63, 3.8) is 0 Å². The Morgan fingerprint density at radius 3 is 2.63 bits per heavy atom. The lowest BCUT2D eigenvalue weighted by Gasteiger charge is -2.11. The molecule has 0 heterocycles. The number of nitrogens with zero attached hydrogens (tertiary/aromatic N) is 1. The smallest absolute Gasteiger partial charge is 0.240 e. The summed E-state index contributed by atoms with van der Waals surface area (Å²) in [5.41, 5.74) is 5.28. The Morgan fingerprint density at radius 2 is 2.11 bits per heavy atom. The quantitative estimate of drug-likeness (QED) is 0.320. The first-order valence-electron chi connectivity index (χ1n) is 5.20. The first kappa shape index (κ1) is 15.3. The van der Waals surface area contributed by atoms with Gasteiger partial charge in [0, 0.05) is 12.5 Å². The van der Waals surface area contributed by atoms with E-state index in [9.17, 15) is 17.2 Å². The highest BCUT2D eigenvalue weighted by molar-refractivity contribution is 7.89. The fraction of sp³-hybridized carbons (Fsp3) is 0.300. The molecule has 19 heavy (non-hydrogen) atoms. The average molecular weight is 293 g/mol. The fourth-order valence-corrected chi connectivity index (χ4v) is 2.31. The number of sulfonamides is 1. The van der Waals surface area contributed by atoms with Gasteiger partial charge in [0.2, 0.25) is 10.0 Å². The Labute approximate surface area is 109 Å². The zero-order valence-electron chi connectivity index (χ0n) is 9.97. The van der Waals surface area contributed by atoms with Gasteiger partial charge in [0.05, 0.1) is 4.90 Å². The second-order valence-corrected chi connectivity index (χ2v) is 5.62. The second kappa shape index (κ2) is 5.93. The van der Waals surface area contributed by atoms with Crippen molar-refractivity contribution >= 4 is 15.9 Å². The summed E-state index contributed by atoms with van der Waals surface area (Å²) in [4.78, 5) is -0.405. The number of benzene rings is 1. The van der Waals surface area contributed by atoms with Crippen molar-refractivity contribution in [3.8, 4) is 0 Å². The molecule has 0 amide bonds. The van der Waals surface area contributed by atoms with Crippen molar-refractivity contribution in [2.24, 2.45) is 16.8 Å². The van der Waals surface area contributed by atoms with Crippen LogP contribution in [0.2, 0.25) is 0 Å². The summed E-state index contributed by atoms with van der Waals surface area (Å²) in [5, 5.41) is 11.2. The van der Waals surface area contributed by atoms with Crippen LogP contribution in [0.3, 0.4) is 0 Å². The molecule has 0 saturated carbocycles. The van der Waals surface area contributed by atoms with E-state index < -0.39 is 32.5 Å². The number of hydrogen-bond donors (Lipinski definition) is 3. The first-order chi connectivity index (χ1) is 8.77. The molecule has 1 aromatic carbocycles. The Hall–Kier alpha value is -1.74. The molecule has 0 radical (unpaired) electrons. The lowest BCUT2D eigenvalue weighted by atomic mass is 10.2. The molecular weight excluding hydrogens is 280 g/mol. The number of oxime groups is 1. The molecule has 0 aromatic heterocycles. The van der Waals surface area contributed by atoms with Gasteiger partial charge in [-0.05, 0) is 18.2 Å². The predicted octanol–water partition coefficient (Wildman–Crippen LogP) is 0.626. The highest BCUT2D eigenvalue weighted by atomic mass is 32.2. The van der Waals surface area contributed by atoms with Gasteiger partial charge in [-0.15, -0.1) is 0 Å². The van der Waals surface area contributed by atoms with Crippen LogP contribution in [0.25, 0.3) is 0 Å². The maximum atomic E-state index is 13.0. The van der Waals surface area contributed by atoms with Crippen molar-refractivity contribution in [2.75, 3.05) is 6.54 Å². The van der Waals surface area contributed by atoms with E-state index in [1.807, 2.05) is 0 Å². The minimum Gasteiger partial charge on any atom is -0.409 e. The van der Waals surface area contributed by atoms with E-state index >= 15 is 0 Å². The zero-order valence-corrected chi connectivity index (χ0v) is 10.8. The van der Waals surface area contributed by atoms with Crippen LogP contribution in [0, 0.1) is 17.6 Å². The third kappa shape index (κ3) is 3.86. The fourth-order valence-electron chi connectivity index (χ4n) is 1.17. The monoisotopic (exact) mass is 293 g/mol. The Kier molecular flexibility index (Phi) is 4.78. The third-order valence-electron chi connectivity index (χ3n) is 2.40. The van der Waals surface area contributed by atoms with E-state index in [0.717, 1.165) is 12.1 Å². The molecule has 0 spiro atoms. The molecule has 0 fully saturated rings. The molecule has 0 aliphatic rings. The maximum absolute atomic E-state index is 13.0. The van der Waals surface area contributed by atoms with Gasteiger partial charge in [-0.1, -0.05) is 12.1 Å². The highest BCUT2D eigenvalue weighted by Crippen LogP contribution is 2.13. The van der Waals surface area contributed by atoms with Crippen LogP contribution in [0.5, 0.6) is 0 Å². The van der Waals surface area contributed by atoms with E-state index in [1.165, 1.54) is 6.92 Å². The highest BCUT2D eigenvalue weighted by Gasteiger charge is 2.18. The Bertz CT molecular complexity index is 590. The largest absolute Gasteiger partial charge is 0.409 e. The molecule has 106 valence electrons. The lowest BCUT2D eigenvalue weighted by Crippen LogP contribution is -2.34. The van der Waals surface area contributed by atoms with Crippen molar-refractivity contribution in [1.29, 1.82) is 0 Å². The molecule has 0 bridgehead atoms. The van der Waals surface area contributed by atoms with Crippen LogP contribution in [0.15, 0.2) is 28.3 Å². The van der Waals surface area contributed by atoms with Crippen LogP contribution >= 0.6 is 0 Å². The van der Waals surface area contributed by atoms with Crippen LogP contribution in [-0.2, 0) is 10.0 Å².